The predicted octanol–water partition coefficient (Wildman–Crippen LogP) is 4.40. The van der Waals surface area contributed by atoms with E-state index in [1.807, 2.05) is 30.3 Å². The highest BCUT2D eigenvalue weighted by atomic mass is 35.5. The van der Waals surface area contributed by atoms with E-state index in [0.29, 0.717) is 41.8 Å². The number of morpholine rings is 1. The van der Waals surface area contributed by atoms with Gasteiger partial charge in [-0.1, -0.05) is 23.7 Å². The monoisotopic (exact) mass is 423 g/mol. The zero-order valence-electron chi connectivity index (χ0n) is 16.4. The number of rotatable bonds is 6. The number of hydrogen-bond donors (Lipinski definition) is 1. The molecule has 7 heteroatoms. The van der Waals surface area contributed by atoms with Crippen molar-refractivity contribution in [2.24, 2.45) is 0 Å². The Kier molecular flexibility index (Phi) is 6.47. The molecule has 1 aliphatic heterocycles. The average Bonchev–Trinajstić information content (AvgIpc) is 2.79. The summed E-state index contributed by atoms with van der Waals surface area (Å²) >= 11 is 6.44. The summed E-state index contributed by atoms with van der Waals surface area (Å²) in [4.78, 5) is 19.0. The van der Waals surface area contributed by atoms with Crippen LogP contribution in [0.15, 0.2) is 67.0 Å². The third-order valence-electron chi connectivity index (χ3n) is 4.81. The lowest BCUT2D eigenvalue weighted by atomic mass is 10.1. The van der Waals surface area contributed by atoms with Gasteiger partial charge in [0.25, 0.3) is 5.91 Å². The first-order valence-electron chi connectivity index (χ1n) is 9.75. The van der Waals surface area contributed by atoms with Gasteiger partial charge in [-0.2, -0.15) is 0 Å². The molecule has 154 valence electrons. The summed E-state index contributed by atoms with van der Waals surface area (Å²) in [6, 6.07) is 16.4. The van der Waals surface area contributed by atoms with Gasteiger partial charge in [0.05, 0.1) is 29.6 Å². The van der Waals surface area contributed by atoms with E-state index < -0.39 is 0 Å². The summed E-state index contributed by atoms with van der Waals surface area (Å²) in [7, 11) is 0. The van der Waals surface area contributed by atoms with Crippen LogP contribution in [0.2, 0.25) is 5.02 Å². The molecule has 1 aromatic heterocycles. The zero-order chi connectivity index (χ0) is 20.8. The van der Waals surface area contributed by atoms with E-state index in [2.05, 4.69) is 15.2 Å². The Balaban J connectivity index is 1.43. The van der Waals surface area contributed by atoms with Crippen LogP contribution in [0.1, 0.15) is 15.9 Å². The van der Waals surface area contributed by atoms with Gasteiger partial charge >= 0.3 is 0 Å². The van der Waals surface area contributed by atoms with Crippen LogP contribution >= 0.6 is 11.6 Å². The van der Waals surface area contributed by atoms with Crippen molar-refractivity contribution in [3.63, 3.8) is 0 Å². The fourth-order valence-electron chi connectivity index (χ4n) is 3.27. The Bertz CT molecular complexity index is 990. The van der Waals surface area contributed by atoms with Crippen LogP contribution in [-0.4, -0.2) is 37.2 Å². The maximum absolute atomic E-state index is 12.8. The number of carbonyl (C=O) groups is 1. The normalized spacial score (nSPS) is 13.7. The summed E-state index contributed by atoms with van der Waals surface area (Å²) in [5.41, 5.74) is 3.03. The van der Waals surface area contributed by atoms with Gasteiger partial charge in [0.15, 0.2) is 0 Å². The summed E-state index contributed by atoms with van der Waals surface area (Å²) in [5.74, 6) is 0.484. The molecule has 0 radical (unpaired) electrons. The third-order valence-corrected chi connectivity index (χ3v) is 5.11. The average molecular weight is 424 g/mol. The van der Waals surface area contributed by atoms with Crippen LogP contribution in [0.5, 0.6) is 5.75 Å². The lowest BCUT2D eigenvalue weighted by molar-refractivity contribution is 0.102. The molecule has 0 saturated carbocycles. The number of amides is 1. The Hall–Kier alpha value is -3.09. The number of carbonyl (C=O) groups excluding carboxylic acids is 1. The molecular weight excluding hydrogens is 402 g/mol. The molecule has 0 atom stereocenters. The number of para-hydroxylation sites is 1. The summed E-state index contributed by atoms with van der Waals surface area (Å²) in [6.45, 7) is 3.16. The second-order valence-electron chi connectivity index (χ2n) is 6.86. The first-order chi connectivity index (χ1) is 14.7. The SMILES string of the molecule is O=C(Nc1cccc(Cl)c1N1CCOCC1)c1ccc(OCc2cccnc2)cc1. The highest BCUT2D eigenvalue weighted by molar-refractivity contribution is 6.34. The molecule has 0 aliphatic carbocycles. The van der Waals surface area contributed by atoms with E-state index in [4.69, 9.17) is 21.1 Å². The minimum Gasteiger partial charge on any atom is -0.489 e. The first kappa shape index (κ1) is 20.2. The number of benzene rings is 2. The largest absolute Gasteiger partial charge is 0.489 e. The highest BCUT2D eigenvalue weighted by Crippen LogP contribution is 2.34. The van der Waals surface area contributed by atoms with Crippen LogP contribution in [0.4, 0.5) is 11.4 Å². The summed E-state index contributed by atoms with van der Waals surface area (Å²) < 4.78 is 11.2. The molecule has 2 aromatic carbocycles. The van der Waals surface area contributed by atoms with Gasteiger partial charge in [0.2, 0.25) is 0 Å². The molecule has 3 aromatic rings. The minimum absolute atomic E-state index is 0.203. The second-order valence-corrected chi connectivity index (χ2v) is 7.27. The predicted molar refractivity (Wildman–Crippen MR) is 117 cm³/mol. The number of ether oxygens (including phenoxy) is 2. The molecule has 1 fully saturated rings. The van der Waals surface area contributed by atoms with Crippen molar-refractivity contribution in [3.8, 4) is 5.75 Å². The molecular formula is C23H22ClN3O3. The van der Waals surface area contributed by atoms with Crippen LogP contribution in [0, 0.1) is 0 Å². The topological polar surface area (TPSA) is 63.7 Å². The first-order valence-corrected chi connectivity index (χ1v) is 10.1. The maximum Gasteiger partial charge on any atom is 0.255 e. The zero-order valence-corrected chi connectivity index (χ0v) is 17.1. The molecule has 0 unspecified atom stereocenters. The van der Waals surface area contributed by atoms with Crippen LogP contribution in [0.3, 0.4) is 0 Å². The van der Waals surface area contributed by atoms with Crippen LogP contribution in [-0.2, 0) is 11.3 Å². The fourth-order valence-corrected chi connectivity index (χ4v) is 3.57. The van der Waals surface area contributed by atoms with E-state index in [9.17, 15) is 4.79 Å². The van der Waals surface area contributed by atoms with Crippen LogP contribution < -0.4 is 15.0 Å². The molecule has 30 heavy (non-hydrogen) atoms. The number of anilines is 2. The molecule has 1 N–H and O–H groups in total. The van der Waals surface area contributed by atoms with Crippen molar-refractivity contribution < 1.29 is 14.3 Å². The van der Waals surface area contributed by atoms with Gasteiger partial charge in [-0.25, -0.2) is 0 Å². The Morgan fingerprint density at radius 1 is 1.10 bits per heavy atom. The number of aromatic nitrogens is 1. The van der Waals surface area contributed by atoms with Crippen molar-refractivity contribution in [1.82, 2.24) is 4.98 Å². The van der Waals surface area contributed by atoms with Crippen LogP contribution in [0.25, 0.3) is 0 Å². The minimum atomic E-state index is -0.203. The lowest BCUT2D eigenvalue weighted by Gasteiger charge is -2.31. The molecule has 0 spiro atoms. The molecule has 1 amide bonds. The van der Waals surface area contributed by atoms with Gasteiger partial charge in [-0.15, -0.1) is 0 Å². The molecule has 1 aliphatic rings. The van der Waals surface area contributed by atoms with E-state index in [1.54, 1.807) is 36.7 Å². The van der Waals surface area contributed by atoms with Gasteiger partial charge in [-0.05, 0) is 42.5 Å². The van der Waals surface area contributed by atoms with Gasteiger partial charge < -0.3 is 19.7 Å². The number of hydrogen-bond acceptors (Lipinski definition) is 5. The summed E-state index contributed by atoms with van der Waals surface area (Å²) in [6.07, 6.45) is 3.49. The van der Waals surface area contributed by atoms with Gasteiger partial charge in [0.1, 0.15) is 12.4 Å². The molecule has 1 saturated heterocycles. The maximum atomic E-state index is 12.8. The molecule has 4 rings (SSSR count). The Morgan fingerprint density at radius 3 is 2.63 bits per heavy atom. The number of nitrogens with one attached hydrogen (secondary N) is 1. The standard InChI is InChI=1S/C23H22ClN3O3/c24-20-4-1-5-21(22(20)27-11-13-29-14-12-27)26-23(28)18-6-8-19(9-7-18)30-16-17-3-2-10-25-15-17/h1-10,15H,11-14,16H2,(H,26,28). The van der Waals surface area contributed by atoms with Crippen molar-refractivity contribution in [2.75, 3.05) is 36.5 Å². The quantitative estimate of drug-likeness (QED) is 0.636. The summed E-state index contributed by atoms with van der Waals surface area (Å²) in [5, 5.41) is 3.59. The Morgan fingerprint density at radius 2 is 1.90 bits per heavy atom. The van der Waals surface area contributed by atoms with Crippen molar-refractivity contribution >= 4 is 28.9 Å². The van der Waals surface area contributed by atoms with Gasteiger partial charge in [-0.3, -0.25) is 9.78 Å². The number of halogens is 1. The highest BCUT2D eigenvalue weighted by Gasteiger charge is 2.19. The van der Waals surface area contributed by atoms with E-state index in [0.717, 1.165) is 24.3 Å². The van der Waals surface area contributed by atoms with E-state index >= 15 is 0 Å². The number of nitrogens with zero attached hydrogens (tertiary/aromatic N) is 2. The Labute approximate surface area is 180 Å². The smallest absolute Gasteiger partial charge is 0.255 e. The molecule has 6 nitrogen and oxygen atoms in total. The van der Waals surface area contributed by atoms with Crippen molar-refractivity contribution in [3.05, 3.63) is 83.1 Å². The van der Waals surface area contributed by atoms with E-state index in [-0.39, 0.29) is 5.91 Å². The molecule has 2 heterocycles. The van der Waals surface area contributed by atoms with Gasteiger partial charge in [0, 0.05) is 36.6 Å². The van der Waals surface area contributed by atoms with Crippen molar-refractivity contribution in [1.29, 1.82) is 0 Å². The fraction of sp³-hybridized carbons (Fsp3) is 0.217. The van der Waals surface area contributed by atoms with E-state index in [1.165, 1.54) is 0 Å². The lowest BCUT2D eigenvalue weighted by Crippen LogP contribution is -2.37. The molecule has 0 bridgehead atoms. The third kappa shape index (κ3) is 4.90. The second kappa shape index (κ2) is 9.61. The van der Waals surface area contributed by atoms with Crippen molar-refractivity contribution in [2.45, 2.75) is 6.61 Å². The number of pyridine rings is 1.